The van der Waals surface area contributed by atoms with E-state index < -0.39 is 0 Å². The van der Waals surface area contributed by atoms with Gasteiger partial charge in [0.05, 0.1) is 23.2 Å². The van der Waals surface area contributed by atoms with Gasteiger partial charge in [-0.15, -0.1) is 11.3 Å². The van der Waals surface area contributed by atoms with Crippen LogP contribution in [0.4, 0.5) is 5.69 Å². The summed E-state index contributed by atoms with van der Waals surface area (Å²) < 4.78 is 5.23. The van der Waals surface area contributed by atoms with Crippen LogP contribution in [0.3, 0.4) is 0 Å². The molecule has 2 N–H and O–H groups in total. The molecule has 3 aromatic rings. The number of aromatic hydroxyl groups is 1. The van der Waals surface area contributed by atoms with Gasteiger partial charge in [-0.25, -0.2) is 4.98 Å². The van der Waals surface area contributed by atoms with E-state index in [0.717, 1.165) is 5.56 Å². The number of thiazole rings is 1. The SMILES string of the molecule is CC(=O)Nc1cc(-c2csc(/C(C#N)=C/c3ccco3)n2)ccc1O. The number of hydrogen-bond donors (Lipinski definition) is 2. The molecule has 1 aromatic carbocycles. The molecule has 0 saturated carbocycles. The van der Waals surface area contributed by atoms with Crippen molar-refractivity contribution in [1.82, 2.24) is 4.98 Å². The molecular weight excluding hydrogens is 338 g/mol. The Bertz CT molecular complexity index is 981. The van der Waals surface area contributed by atoms with Gasteiger partial charge in [-0.05, 0) is 30.3 Å². The molecule has 0 fully saturated rings. The van der Waals surface area contributed by atoms with Gasteiger partial charge in [-0.3, -0.25) is 4.79 Å². The average Bonchev–Trinajstić information content (AvgIpc) is 3.25. The number of carbonyl (C=O) groups excluding carboxylic acids is 1. The van der Waals surface area contributed by atoms with E-state index in [1.54, 1.807) is 30.3 Å². The van der Waals surface area contributed by atoms with Gasteiger partial charge in [0, 0.05) is 23.9 Å². The van der Waals surface area contributed by atoms with Crippen molar-refractivity contribution in [3.05, 3.63) is 52.7 Å². The Kier molecular flexibility index (Phi) is 4.64. The number of amides is 1. The number of carbonyl (C=O) groups is 1. The number of hydrogen-bond acceptors (Lipinski definition) is 6. The molecule has 124 valence electrons. The molecule has 0 radical (unpaired) electrons. The lowest BCUT2D eigenvalue weighted by Gasteiger charge is -2.06. The highest BCUT2D eigenvalue weighted by molar-refractivity contribution is 7.11. The summed E-state index contributed by atoms with van der Waals surface area (Å²) in [5.41, 5.74) is 2.07. The lowest BCUT2D eigenvalue weighted by molar-refractivity contribution is -0.114. The van der Waals surface area contributed by atoms with E-state index in [9.17, 15) is 15.2 Å². The fourth-order valence-corrected chi connectivity index (χ4v) is 2.97. The Hall–Kier alpha value is -3.37. The van der Waals surface area contributed by atoms with E-state index in [4.69, 9.17) is 4.42 Å². The lowest BCUT2D eigenvalue weighted by atomic mass is 10.1. The van der Waals surface area contributed by atoms with Crippen LogP contribution in [-0.4, -0.2) is 16.0 Å². The molecule has 0 spiro atoms. The van der Waals surface area contributed by atoms with Gasteiger partial charge in [0.2, 0.25) is 5.91 Å². The topological polar surface area (TPSA) is 99.2 Å². The monoisotopic (exact) mass is 351 g/mol. The predicted octanol–water partition coefficient (Wildman–Crippen LogP) is 4.13. The van der Waals surface area contributed by atoms with Crippen molar-refractivity contribution in [2.45, 2.75) is 6.92 Å². The molecule has 6 nitrogen and oxygen atoms in total. The number of furan rings is 1. The molecule has 1 amide bonds. The third-order valence-corrected chi connectivity index (χ3v) is 4.16. The summed E-state index contributed by atoms with van der Waals surface area (Å²) in [6, 6.07) is 10.4. The molecule has 7 heteroatoms. The molecule has 0 unspecified atom stereocenters. The van der Waals surface area contributed by atoms with E-state index in [2.05, 4.69) is 16.4 Å². The van der Waals surface area contributed by atoms with Crippen LogP contribution in [0.5, 0.6) is 5.75 Å². The van der Waals surface area contributed by atoms with Crippen LogP contribution in [0.1, 0.15) is 17.7 Å². The number of aromatic nitrogens is 1. The zero-order chi connectivity index (χ0) is 17.8. The van der Waals surface area contributed by atoms with E-state index in [1.165, 1.54) is 30.6 Å². The Morgan fingerprint density at radius 3 is 2.96 bits per heavy atom. The van der Waals surface area contributed by atoms with Gasteiger partial charge in [0.15, 0.2) is 0 Å². The van der Waals surface area contributed by atoms with Crippen LogP contribution < -0.4 is 5.32 Å². The summed E-state index contributed by atoms with van der Waals surface area (Å²) in [4.78, 5) is 15.7. The highest BCUT2D eigenvalue weighted by atomic mass is 32.1. The maximum Gasteiger partial charge on any atom is 0.221 e. The van der Waals surface area contributed by atoms with E-state index in [1.807, 2.05) is 5.38 Å². The first-order valence-corrected chi connectivity index (χ1v) is 8.17. The number of phenolic OH excluding ortho intramolecular Hbond substituents is 1. The summed E-state index contributed by atoms with van der Waals surface area (Å²) in [5, 5.41) is 24.1. The van der Waals surface area contributed by atoms with Gasteiger partial charge in [-0.2, -0.15) is 5.26 Å². The van der Waals surface area contributed by atoms with Crippen molar-refractivity contribution >= 4 is 34.6 Å². The summed E-state index contributed by atoms with van der Waals surface area (Å²) in [5.74, 6) is 0.273. The van der Waals surface area contributed by atoms with Crippen LogP contribution in [-0.2, 0) is 4.79 Å². The van der Waals surface area contributed by atoms with Crippen LogP contribution in [0, 0.1) is 11.3 Å². The highest BCUT2D eigenvalue weighted by Gasteiger charge is 2.12. The van der Waals surface area contributed by atoms with Gasteiger partial charge in [0.1, 0.15) is 22.6 Å². The molecular formula is C18H13N3O3S. The second-order valence-corrected chi connectivity index (χ2v) is 5.99. The fourth-order valence-electron chi connectivity index (χ4n) is 2.17. The molecule has 0 aliphatic heterocycles. The number of benzene rings is 1. The molecule has 0 bridgehead atoms. The number of rotatable bonds is 4. The summed E-state index contributed by atoms with van der Waals surface area (Å²) >= 11 is 1.33. The molecule has 0 aliphatic rings. The van der Waals surface area contributed by atoms with Crippen LogP contribution in [0.15, 0.2) is 46.4 Å². The standard InChI is InChI=1S/C18H13N3O3S/c1-11(22)20-15-8-12(4-5-17(15)23)16-10-25-18(21-16)13(9-19)7-14-3-2-6-24-14/h2-8,10,23H,1H3,(H,20,22)/b13-7+. The van der Waals surface area contributed by atoms with Crippen molar-refractivity contribution in [3.8, 4) is 23.1 Å². The second kappa shape index (κ2) is 7.03. The van der Waals surface area contributed by atoms with Crippen molar-refractivity contribution < 1.29 is 14.3 Å². The molecule has 2 aromatic heterocycles. The molecule has 0 saturated heterocycles. The molecule has 2 heterocycles. The Morgan fingerprint density at radius 1 is 1.44 bits per heavy atom. The minimum absolute atomic E-state index is 0.0233. The third kappa shape index (κ3) is 3.76. The number of phenols is 1. The van der Waals surface area contributed by atoms with E-state index in [0.29, 0.717) is 27.7 Å². The first-order valence-electron chi connectivity index (χ1n) is 7.29. The quantitative estimate of drug-likeness (QED) is 0.544. The number of allylic oxidation sites excluding steroid dienone is 1. The van der Waals surface area contributed by atoms with Crippen LogP contribution in [0.25, 0.3) is 22.9 Å². The van der Waals surface area contributed by atoms with Gasteiger partial charge in [0.25, 0.3) is 0 Å². The largest absolute Gasteiger partial charge is 0.506 e. The van der Waals surface area contributed by atoms with Gasteiger partial charge in [-0.1, -0.05) is 0 Å². The predicted molar refractivity (Wildman–Crippen MR) is 95.7 cm³/mol. The first-order chi connectivity index (χ1) is 12.1. The summed E-state index contributed by atoms with van der Waals surface area (Å²) in [7, 11) is 0. The Morgan fingerprint density at radius 2 is 2.28 bits per heavy atom. The minimum Gasteiger partial charge on any atom is -0.506 e. The normalized spacial score (nSPS) is 11.1. The smallest absolute Gasteiger partial charge is 0.221 e. The second-order valence-electron chi connectivity index (χ2n) is 5.14. The minimum atomic E-state index is -0.278. The number of anilines is 1. The van der Waals surface area contributed by atoms with Crippen molar-refractivity contribution in [2.24, 2.45) is 0 Å². The third-order valence-electron chi connectivity index (χ3n) is 3.29. The van der Waals surface area contributed by atoms with Gasteiger partial charge >= 0.3 is 0 Å². The first kappa shape index (κ1) is 16.5. The zero-order valence-corrected chi connectivity index (χ0v) is 14.0. The number of nitrogens with one attached hydrogen (secondary N) is 1. The fraction of sp³-hybridized carbons (Fsp3) is 0.0556. The van der Waals surface area contributed by atoms with Crippen LogP contribution in [0.2, 0.25) is 0 Å². The van der Waals surface area contributed by atoms with E-state index in [-0.39, 0.29) is 11.7 Å². The molecule has 25 heavy (non-hydrogen) atoms. The number of nitrogens with zero attached hydrogens (tertiary/aromatic N) is 2. The van der Waals surface area contributed by atoms with E-state index >= 15 is 0 Å². The Labute approximate surface area is 147 Å². The Balaban J connectivity index is 1.94. The summed E-state index contributed by atoms with van der Waals surface area (Å²) in [6.45, 7) is 1.37. The van der Waals surface area contributed by atoms with Crippen LogP contribution >= 0.6 is 11.3 Å². The molecule has 3 rings (SSSR count). The van der Waals surface area contributed by atoms with Crippen molar-refractivity contribution in [1.29, 1.82) is 5.26 Å². The maximum atomic E-state index is 11.2. The zero-order valence-electron chi connectivity index (χ0n) is 13.2. The maximum absolute atomic E-state index is 11.2. The van der Waals surface area contributed by atoms with Gasteiger partial charge < -0.3 is 14.8 Å². The van der Waals surface area contributed by atoms with Crippen molar-refractivity contribution in [3.63, 3.8) is 0 Å². The molecule has 0 aliphatic carbocycles. The number of nitriles is 1. The van der Waals surface area contributed by atoms with Crippen molar-refractivity contribution in [2.75, 3.05) is 5.32 Å². The molecule has 0 atom stereocenters. The summed E-state index contributed by atoms with van der Waals surface area (Å²) in [6.07, 6.45) is 3.16. The lowest BCUT2D eigenvalue weighted by Crippen LogP contribution is -2.05. The average molecular weight is 351 g/mol. The highest BCUT2D eigenvalue weighted by Crippen LogP contribution is 2.32.